The second-order valence-electron chi connectivity index (χ2n) is 7.12. The van der Waals surface area contributed by atoms with Crippen LogP contribution in [-0.4, -0.2) is 30.6 Å². The Bertz CT molecular complexity index is 1150. The topological polar surface area (TPSA) is 88.5 Å². The Morgan fingerprint density at radius 3 is 2.86 bits per heavy atom. The van der Waals surface area contributed by atoms with Gasteiger partial charge < -0.3 is 9.88 Å². The third kappa shape index (κ3) is 3.42. The molecule has 0 radical (unpaired) electrons. The van der Waals surface area contributed by atoms with Gasteiger partial charge >= 0.3 is 0 Å². The number of amides is 1. The quantitative estimate of drug-likeness (QED) is 0.566. The summed E-state index contributed by atoms with van der Waals surface area (Å²) in [7, 11) is 0. The lowest BCUT2D eigenvalue weighted by atomic mass is 10.1. The predicted octanol–water partition coefficient (Wildman–Crippen LogP) is 3.00. The Labute approximate surface area is 167 Å². The van der Waals surface area contributed by atoms with E-state index in [1.165, 1.54) is 5.56 Å². The first-order valence-corrected chi connectivity index (χ1v) is 9.65. The highest BCUT2D eigenvalue weighted by Gasteiger charge is 2.26. The van der Waals surface area contributed by atoms with Gasteiger partial charge in [-0.1, -0.05) is 48.5 Å². The molecule has 2 aromatic heterocycles. The third-order valence-electron chi connectivity index (χ3n) is 5.19. The fraction of sp³-hybridized carbons (Fsp3) is 0.182. The van der Waals surface area contributed by atoms with Crippen molar-refractivity contribution in [3.8, 4) is 5.69 Å². The van der Waals surface area contributed by atoms with Gasteiger partial charge in [0.05, 0.1) is 6.04 Å². The maximum absolute atomic E-state index is 12.8. The van der Waals surface area contributed by atoms with E-state index >= 15 is 0 Å². The Hall–Kier alpha value is -3.74. The van der Waals surface area contributed by atoms with E-state index in [4.69, 9.17) is 0 Å². The zero-order chi connectivity index (χ0) is 19.6. The average Bonchev–Trinajstić information content (AvgIpc) is 3.39. The van der Waals surface area contributed by atoms with Crippen LogP contribution in [0.25, 0.3) is 5.69 Å². The Balaban J connectivity index is 1.34. The Morgan fingerprint density at radius 1 is 1.14 bits per heavy atom. The number of hydrogen-bond acceptors (Lipinski definition) is 4. The van der Waals surface area contributed by atoms with Crippen molar-refractivity contribution in [1.82, 2.24) is 30.0 Å². The van der Waals surface area contributed by atoms with Gasteiger partial charge in [0, 0.05) is 24.5 Å². The minimum absolute atomic E-state index is 0.149. The molecule has 5 rings (SSSR count). The number of nitrogens with zero attached hydrogens (tertiary/aromatic N) is 4. The highest BCUT2D eigenvalue weighted by molar-refractivity contribution is 5.90. The molecule has 0 spiro atoms. The van der Waals surface area contributed by atoms with Gasteiger partial charge in [-0.05, 0) is 30.0 Å². The number of aromatic amines is 1. The van der Waals surface area contributed by atoms with Gasteiger partial charge in [0.2, 0.25) is 5.82 Å². The molecule has 2 aromatic carbocycles. The van der Waals surface area contributed by atoms with Crippen LogP contribution >= 0.6 is 0 Å². The van der Waals surface area contributed by atoms with E-state index in [0.29, 0.717) is 12.2 Å². The van der Waals surface area contributed by atoms with Gasteiger partial charge in [-0.15, -0.1) is 5.10 Å². The van der Waals surface area contributed by atoms with Crippen LogP contribution < -0.4 is 5.32 Å². The van der Waals surface area contributed by atoms with Crippen molar-refractivity contribution in [3.63, 3.8) is 0 Å². The van der Waals surface area contributed by atoms with E-state index in [2.05, 4.69) is 37.6 Å². The molecule has 4 aromatic rings. The summed E-state index contributed by atoms with van der Waals surface area (Å²) in [5.41, 5.74) is 3.46. The first-order valence-electron chi connectivity index (χ1n) is 9.65. The highest BCUT2D eigenvalue weighted by Crippen LogP contribution is 2.28. The first-order chi connectivity index (χ1) is 14.3. The molecule has 1 amide bonds. The summed E-state index contributed by atoms with van der Waals surface area (Å²) in [4.78, 5) is 21.7. The van der Waals surface area contributed by atoms with Crippen molar-refractivity contribution in [2.75, 3.05) is 0 Å². The standard InChI is InChI=1S/C22H20N6O/c29-22(20-25-19(26-27-20)14-15-6-2-1-3-7-15)24-17-11-10-16-8-4-5-9-18(16)28-13-12-23-21(17)28/h1-9,12-13,17H,10-11,14H2,(H,24,29)(H,25,26,27)/t17-/m1/s1. The van der Waals surface area contributed by atoms with Gasteiger partial charge in [-0.3, -0.25) is 9.89 Å². The molecule has 1 aliphatic heterocycles. The van der Waals surface area contributed by atoms with Crippen LogP contribution in [-0.2, 0) is 12.8 Å². The SMILES string of the molecule is O=C(N[C@@H]1CCc2ccccc2-n2ccnc21)c1n[nH]c(Cc2ccccc2)n1. The van der Waals surface area contributed by atoms with E-state index in [9.17, 15) is 4.79 Å². The van der Waals surface area contributed by atoms with Crippen molar-refractivity contribution in [2.24, 2.45) is 0 Å². The van der Waals surface area contributed by atoms with Gasteiger partial charge in [0.1, 0.15) is 11.6 Å². The molecule has 7 nitrogen and oxygen atoms in total. The number of carbonyl (C=O) groups excluding carboxylic acids is 1. The number of aryl methyl sites for hydroxylation is 1. The molecule has 3 heterocycles. The van der Waals surface area contributed by atoms with Gasteiger partial charge in [0.25, 0.3) is 5.91 Å². The second-order valence-corrected chi connectivity index (χ2v) is 7.12. The number of benzene rings is 2. The number of rotatable bonds is 4. The van der Waals surface area contributed by atoms with Crippen molar-refractivity contribution in [3.05, 3.63) is 95.6 Å². The molecule has 0 unspecified atom stereocenters. The van der Waals surface area contributed by atoms with Gasteiger partial charge in [-0.2, -0.15) is 0 Å². The molecule has 0 aliphatic carbocycles. The van der Waals surface area contributed by atoms with E-state index < -0.39 is 0 Å². The van der Waals surface area contributed by atoms with Crippen LogP contribution in [0.15, 0.2) is 67.0 Å². The number of fused-ring (bicyclic) bond motifs is 3. The summed E-state index contributed by atoms with van der Waals surface area (Å²) < 4.78 is 2.05. The van der Waals surface area contributed by atoms with Crippen LogP contribution in [0.3, 0.4) is 0 Å². The molecule has 29 heavy (non-hydrogen) atoms. The fourth-order valence-electron chi connectivity index (χ4n) is 3.79. The molecule has 0 saturated carbocycles. The van der Waals surface area contributed by atoms with Crippen LogP contribution in [0.1, 0.15) is 45.9 Å². The summed E-state index contributed by atoms with van der Waals surface area (Å²) in [6.45, 7) is 0. The minimum atomic E-state index is -0.300. The molecular formula is C22H20N6O. The summed E-state index contributed by atoms with van der Waals surface area (Å²) in [5.74, 6) is 1.33. The lowest BCUT2D eigenvalue weighted by molar-refractivity contribution is 0.0922. The van der Waals surface area contributed by atoms with Crippen LogP contribution in [0.5, 0.6) is 0 Å². The summed E-state index contributed by atoms with van der Waals surface area (Å²) >= 11 is 0. The first kappa shape index (κ1) is 17.4. The number of para-hydroxylation sites is 1. The normalized spacial score (nSPS) is 15.2. The van der Waals surface area contributed by atoms with Crippen LogP contribution in [0.4, 0.5) is 0 Å². The summed E-state index contributed by atoms with van der Waals surface area (Å²) in [5, 5.41) is 10.0. The lowest BCUT2D eigenvalue weighted by Gasteiger charge is -2.15. The number of nitrogens with one attached hydrogen (secondary N) is 2. The zero-order valence-electron chi connectivity index (χ0n) is 15.7. The van der Waals surface area contributed by atoms with Crippen molar-refractivity contribution in [2.45, 2.75) is 25.3 Å². The molecule has 0 saturated heterocycles. The molecule has 1 atom stereocenters. The molecule has 0 fully saturated rings. The summed E-state index contributed by atoms with van der Waals surface area (Å²) in [6, 6.07) is 18.0. The van der Waals surface area contributed by atoms with Gasteiger partial charge in [-0.25, -0.2) is 9.97 Å². The fourth-order valence-corrected chi connectivity index (χ4v) is 3.79. The zero-order valence-corrected chi connectivity index (χ0v) is 15.7. The van der Waals surface area contributed by atoms with Crippen molar-refractivity contribution < 1.29 is 4.79 Å². The maximum Gasteiger partial charge on any atom is 0.291 e. The largest absolute Gasteiger partial charge is 0.339 e. The highest BCUT2D eigenvalue weighted by atomic mass is 16.2. The van der Waals surface area contributed by atoms with E-state index in [0.717, 1.165) is 29.9 Å². The molecule has 7 heteroatoms. The molecular weight excluding hydrogens is 364 g/mol. The number of hydrogen-bond donors (Lipinski definition) is 2. The smallest absolute Gasteiger partial charge is 0.291 e. The molecule has 144 valence electrons. The van der Waals surface area contributed by atoms with E-state index in [-0.39, 0.29) is 17.8 Å². The third-order valence-corrected chi connectivity index (χ3v) is 5.19. The van der Waals surface area contributed by atoms with E-state index in [1.807, 2.05) is 53.2 Å². The lowest BCUT2D eigenvalue weighted by Crippen LogP contribution is -2.30. The van der Waals surface area contributed by atoms with E-state index in [1.54, 1.807) is 6.20 Å². The predicted molar refractivity (Wildman–Crippen MR) is 108 cm³/mol. The van der Waals surface area contributed by atoms with Crippen LogP contribution in [0.2, 0.25) is 0 Å². The second kappa shape index (κ2) is 7.35. The number of imidazole rings is 1. The monoisotopic (exact) mass is 384 g/mol. The van der Waals surface area contributed by atoms with Crippen LogP contribution in [0, 0.1) is 0 Å². The average molecular weight is 384 g/mol. The van der Waals surface area contributed by atoms with Crippen molar-refractivity contribution in [1.29, 1.82) is 0 Å². The maximum atomic E-state index is 12.8. The number of H-pyrrole nitrogens is 1. The Morgan fingerprint density at radius 2 is 1.97 bits per heavy atom. The molecule has 1 aliphatic rings. The summed E-state index contributed by atoms with van der Waals surface area (Å²) in [6.07, 6.45) is 5.92. The molecule has 2 N–H and O–H groups in total. The Kier molecular flexibility index (Phi) is 4.40. The van der Waals surface area contributed by atoms with Crippen molar-refractivity contribution >= 4 is 5.91 Å². The number of aromatic nitrogens is 5. The number of carbonyl (C=O) groups is 1. The molecule has 0 bridgehead atoms. The van der Waals surface area contributed by atoms with Gasteiger partial charge in [0.15, 0.2) is 0 Å². The minimum Gasteiger partial charge on any atom is -0.339 e.